The molecule has 0 unspecified atom stereocenters. The molecule has 3 nitrogen and oxygen atoms in total. The van der Waals surface area contributed by atoms with Crippen LogP contribution in [-0.2, 0) is 9.47 Å². The Morgan fingerprint density at radius 1 is 0.500 bits per heavy atom. The van der Waals surface area contributed by atoms with Gasteiger partial charge in [0, 0.05) is 13.2 Å². The monoisotopic (exact) mass is 508 g/mol. The van der Waals surface area contributed by atoms with Crippen molar-refractivity contribution in [2.24, 2.45) is 0 Å². The zero-order valence-corrected chi connectivity index (χ0v) is 25.1. The summed E-state index contributed by atoms with van der Waals surface area (Å²) in [6, 6.07) is 0.368. The summed E-state index contributed by atoms with van der Waals surface area (Å²) >= 11 is 0. The smallest absolute Gasteiger partial charge is 0.0644 e. The van der Waals surface area contributed by atoms with Crippen molar-refractivity contribution in [2.75, 3.05) is 40.5 Å². The minimum absolute atomic E-state index is 0.368. The van der Waals surface area contributed by atoms with Gasteiger partial charge in [0.05, 0.1) is 19.3 Å². The first-order valence-electron chi connectivity index (χ1n) is 15.8. The summed E-state index contributed by atoms with van der Waals surface area (Å²) in [6.07, 6.45) is 35.7. The zero-order valence-electron chi connectivity index (χ0n) is 25.1. The van der Waals surface area contributed by atoms with Crippen LogP contribution >= 0.6 is 0 Å². The highest BCUT2D eigenvalue weighted by Gasteiger charge is 2.11. The molecule has 0 N–H and O–H groups in total. The number of hydrogen-bond donors (Lipinski definition) is 0. The average Bonchev–Trinajstić information content (AvgIpc) is 2.87. The van der Waals surface area contributed by atoms with Crippen molar-refractivity contribution in [1.29, 1.82) is 0 Å². The molecule has 0 fully saturated rings. The molecule has 36 heavy (non-hydrogen) atoms. The second-order valence-electron chi connectivity index (χ2n) is 10.8. The Kier molecular flexibility index (Phi) is 30.0. The average molecular weight is 508 g/mol. The van der Waals surface area contributed by atoms with Gasteiger partial charge in [0.15, 0.2) is 0 Å². The van der Waals surface area contributed by atoms with Crippen LogP contribution in [0.25, 0.3) is 0 Å². The highest BCUT2D eigenvalue weighted by atomic mass is 16.5. The number of allylic oxidation sites excluding steroid dienone is 4. The first kappa shape index (κ1) is 35.4. The van der Waals surface area contributed by atoms with Crippen molar-refractivity contribution in [3.8, 4) is 0 Å². The number of ether oxygens (including phenoxy) is 2. The van der Waals surface area contributed by atoms with Gasteiger partial charge in [-0.1, -0.05) is 122 Å². The standard InChI is InChI=1S/C33H65NO2/c1-5-7-9-11-13-14-15-16-17-18-19-20-21-22-23-24-26-28-30-36-32-33(34(3)4)31-35-29-27-25-12-10-8-6-2/h13-14,16-17,33H,5-12,15,18-32H2,1-4H3/t33-/m0/s1. The van der Waals surface area contributed by atoms with E-state index < -0.39 is 0 Å². The van der Waals surface area contributed by atoms with Crippen LogP contribution in [0.1, 0.15) is 142 Å². The lowest BCUT2D eigenvalue weighted by atomic mass is 10.1. The van der Waals surface area contributed by atoms with Crippen molar-refractivity contribution < 1.29 is 9.47 Å². The topological polar surface area (TPSA) is 21.7 Å². The van der Waals surface area contributed by atoms with E-state index in [-0.39, 0.29) is 0 Å². The Morgan fingerprint density at radius 3 is 1.36 bits per heavy atom. The van der Waals surface area contributed by atoms with E-state index in [2.05, 4.69) is 57.1 Å². The lowest BCUT2D eigenvalue weighted by molar-refractivity contribution is 0.0197. The fourth-order valence-electron chi connectivity index (χ4n) is 4.32. The second-order valence-corrected chi connectivity index (χ2v) is 10.8. The maximum absolute atomic E-state index is 5.98. The molecule has 0 bridgehead atoms. The maximum Gasteiger partial charge on any atom is 0.0644 e. The molecule has 0 aromatic rings. The fourth-order valence-corrected chi connectivity index (χ4v) is 4.32. The summed E-state index contributed by atoms with van der Waals surface area (Å²) < 4.78 is 11.9. The number of unbranched alkanes of at least 4 members (excludes halogenated alkanes) is 16. The highest BCUT2D eigenvalue weighted by Crippen LogP contribution is 2.11. The lowest BCUT2D eigenvalue weighted by Gasteiger charge is -2.24. The molecule has 3 heteroatoms. The van der Waals surface area contributed by atoms with E-state index in [1.165, 1.54) is 122 Å². The first-order valence-corrected chi connectivity index (χ1v) is 15.8. The summed E-state index contributed by atoms with van der Waals surface area (Å²) in [4.78, 5) is 2.24. The van der Waals surface area contributed by atoms with Gasteiger partial charge in [-0.25, -0.2) is 0 Å². The van der Waals surface area contributed by atoms with Crippen molar-refractivity contribution in [1.82, 2.24) is 4.90 Å². The Balaban J connectivity index is 3.41. The summed E-state index contributed by atoms with van der Waals surface area (Å²) in [7, 11) is 4.26. The molecule has 0 rings (SSSR count). The zero-order chi connectivity index (χ0) is 26.4. The molecule has 0 aliphatic heterocycles. The van der Waals surface area contributed by atoms with E-state index in [9.17, 15) is 0 Å². The van der Waals surface area contributed by atoms with Crippen molar-refractivity contribution in [3.05, 3.63) is 24.3 Å². The highest BCUT2D eigenvalue weighted by molar-refractivity contribution is 4.92. The van der Waals surface area contributed by atoms with Gasteiger partial charge in [-0.2, -0.15) is 0 Å². The van der Waals surface area contributed by atoms with Gasteiger partial charge in [0.25, 0.3) is 0 Å². The number of rotatable bonds is 29. The molecular weight excluding hydrogens is 442 g/mol. The minimum Gasteiger partial charge on any atom is -0.380 e. The Labute approximate surface area is 227 Å². The summed E-state index contributed by atoms with van der Waals surface area (Å²) in [5.74, 6) is 0. The summed E-state index contributed by atoms with van der Waals surface area (Å²) in [5.41, 5.74) is 0. The fraction of sp³-hybridized carbons (Fsp3) is 0.879. The maximum atomic E-state index is 5.98. The van der Waals surface area contributed by atoms with Gasteiger partial charge in [-0.05, 0) is 59.0 Å². The molecule has 0 aliphatic carbocycles. The van der Waals surface area contributed by atoms with Crippen LogP contribution < -0.4 is 0 Å². The second kappa shape index (κ2) is 30.6. The van der Waals surface area contributed by atoms with Crippen LogP contribution in [0.2, 0.25) is 0 Å². The van der Waals surface area contributed by atoms with Gasteiger partial charge in [-0.3, -0.25) is 0 Å². The van der Waals surface area contributed by atoms with Gasteiger partial charge in [0.2, 0.25) is 0 Å². The van der Waals surface area contributed by atoms with E-state index >= 15 is 0 Å². The largest absolute Gasteiger partial charge is 0.380 e. The first-order chi connectivity index (χ1) is 17.7. The molecular formula is C33H65NO2. The predicted molar refractivity (Wildman–Crippen MR) is 161 cm³/mol. The molecule has 0 amide bonds. The molecule has 0 heterocycles. The van der Waals surface area contributed by atoms with E-state index in [1.54, 1.807) is 0 Å². The Morgan fingerprint density at radius 2 is 0.889 bits per heavy atom. The van der Waals surface area contributed by atoms with Crippen molar-refractivity contribution >= 4 is 0 Å². The lowest BCUT2D eigenvalue weighted by Crippen LogP contribution is -2.37. The molecule has 214 valence electrons. The van der Waals surface area contributed by atoms with Gasteiger partial charge >= 0.3 is 0 Å². The van der Waals surface area contributed by atoms with Gasteiger partial charge in [0.1, 0.15) is 0 Å². The molecule has 0 aliphatic rings. The molecule has 0 saturated heterocycles. The van der Waals surface area contributed by atoms with E-state index in [0.717, 1.165) is 32.8 Å². The van der Waals surface area contributed by atoms with Crippen molar-refractivity contribution in [2.45, 2.75) is 148 Å². The molecule has 0 spiro atoms. The summed E-state index contributed by atoms with van der Waals surface area (Å²) in [6.45, 7) is 7.89. The summed E-state index contributed by atoms with van der Waals surface area (Å²) in [5, 5.41) is 0. The van der Waals surface area contributed by atoms with Crippen LogP contribution in [-0.4, -0.2) is 51.5 Å². The van der Waals surface area contributed by atoms with Crippen LogP contribution in [0.5, 0.6) is 0 Å². The third kappa shape index (κ3) is 27.9. The minimum atomic E-state index is 0.368. The molecule has 0 saturated carbocycles. The number of nitrogens with zero attached hydrogens (tertiary/aromatic N) is 1. The van der Waals surface area contributed by atoms with Crippen LogP contribution in [0, 0.1) is 0 Å². The van der Waals surface area contributed by atoms with Crippen LogP contribution in [0.3, 0.4) is 0 Å². The predicted octanol–water partition coefficient (Wildman–Crippen LogP) is 9.90. The number of likely N-dealkylation sites (N-methyl/N-ethyl adjacent to an activating group) is 1. The third-order valence-corrected chi connectivity index (χ3v) is 6.98. The van der Waals surface area contributed by atoms with E-state index in [0.29, 0.717) is 6.04 Å². The van der Waals surface area contributed by atoms with Gasteiger partial charge < -0.3 is 14.4 Å². The SMILES string of the molecule is CCCCCC=CCC=CCCCCCCCCCCOC[C@H](COCCCCCCCC)N(C)C. The van der Waals surface area contributed by atoms with Crippen LogP contribution in [0.15, 0.2) is 24.3 Å². The molecule has 0 aromatic carbocycles. The molecule has 0 radical (unpaired) electrons. The normalized spacial score (nSPS) is 13.0. The number of hydrogen-bond acceptors (Lipinski definition) is 3. The third-order valence-electron chi connectivity index (χ3n) is 6.98. The Bertz CT molecular complexity index is 461. The van der Waals surface area contributed by atoms with E-state index in [4.69, 9.17) is 9.47 Å². The van der Waals surface area contributed by atoms with E-state index in [1.807, 2.05) is 0 Å². The van der Waals surface area contributed by atoms with Gasteiger partial charge in [-0.15, -0.1) is 0 Å². The van der Waals surface area contributed by atoms with Crippen LogP contribution in [0.4, 0.5) is 0 Å². The van der Waals surface area contributed by atoms with Crippen molar-refractivity contribution in [3.63, 3.8) is 0 Å². The molecule has 1 atom stereocenters. The Hall–Kier alpha value is -0.640. The molecule has 0 aromatic heterocycles. The quantitative estimate of drug-likeness (QED) is 0.0742.